The SMILES string of the molecule is CNC(c1ccn(C)n1)c1c(Cl)cnn1CCOC. The third-order valence-corrected chi connectivity index (χ3v) is 3.22. The molecule has 0 aliphatic rings. The van der Waals surface area contributed by atoms with Gasteiger partial charge in [-0.25, -0.2) is 0 Å². The maximum atomic E-state index is 6.26. The van der Waals surface area contributed by atoms with Gasteiger partial charge in [-0.05, 0) is 13.1 Å². The van der Waals surface area contributed by atoms with E-state index in [2.05, 4.69) is 15.5 Å². The van der Waals surface area contributed by atoms with Crippen molar-refractivity contribution in [1.82, 2.24) is 24.9 Å². The van der Waals surface area contributed by atoms with Gasteiger partial charge in [-0.3, -0.25) is 9.36 Å². The molecule has 0 radical (unpaired) electrons. The summed E-state index contributed by atoms with van der Waals surface area (Å²) in [6.45, 7) is 1.24. The van der Waals surface area contributed by atoms with Gasteiger partial charge < -0.3 is 10.1 Å². The van der Waals surface area contributed by atoms with Crippen LogP contribution in [0.5, 0.6) is 0 Å². The average Bonchev–Trinajstić information content (AvgIpc) is 2.97. The van der Waals surface area contributed by atoms with Crippen molar-refractivity contribution >= 4 is 11.6 Å². The van der Waals surface area contributed by atoms with Gasteiger partial charge in [0.25, 0.3) is 0 Å². The van der Waals surface area contributed by atoms with Gasteiger partial charge in [-0.15, -0.1) is 0 Å². The summed E-state index contributed by atoms with van der Waals surface area (Å²) in [7, 11) is 5.43. The molecule has 0 aliphatic heterocycles. The van der Waals surface area contributed by atoms with Crippen LogP contribution in [0.15, 0.2) is 18.5 Å². The number of nitrogens with zero attached hydrogens (tertiary/aromatic N) is 4. The van der Waals surface area contributed by atoms with Crippen LogP contribution in [0.25, 0.3) is 0 Å². The molecule has 0 aliphatic carbocycles. The fourth-order valence-electron chi connectivity index (χ4n) is 2.03. The van der Waals surface area contributed by atoms with E-state index in [1.807, 2.05) is 31.0 Å². The number of aromatic nitrogens is 4. The smallest absolute Gasteiger partial charge is 0.0953 e. The van der Waals surface area contributed by atoms with E-state index in [-0.39, 0.29) is 6.04 Å². The lowest BCUT2D eigenvalue weighted by Crippen LogP contribution is -2.23. The third kappa shape index (κ3) is 2.97. The largest absolute Gasteiger partial charge is 0.383 e. The Hall–Kier alpha value is -1.37. The lowest BCUT2D eigenvalue weighted by molar-refractivity contribution is 0.182. The van der Waals surface area contributed by atoms with Crippen LogP contribution >= 0.6 is 11.6 Å². The molecule has 0 amide bonds. The molecule has 2 rings (SSSR count). The van der Waals surface area contributed by atoms with E-state index in [0.29, 0.717) is 18.2 Å². The summed E-state index contributed by atoms with van der Waals surface area (Å²) in [4.78, 5) is 0. The maximum absolute atomic E-state index is 6.26. The van der Waals surface area contributed by atoms with Gasteiger partial charge in [0, 0.05) is 20.4 Å². The molecule has 2 heterocycles. The first-order chi connectivity index (χ1) is 9.17. The lowest BCUT2D eigenvalue weighted by atomic mass is 10.1. The monoisotopic (exact) mass is 283 g/mol. The predicted molar refractivity (Wildman–Crippen MR) is 73.2 cm³/mol. The van der Waals surface area contributed by atoms with Gasteiger partial charge in [0.2, 0.25) is 0 Å². The van der Waals surface area contributed by atoms with Crippen molar-refractivity contribution in [1.29, 1.82) is 0 Å². The zero-order chi connectivity index (χ0) is 13.8. The van der Waals surface area contributed by atoms with E-state index in [4.69, 9.17) is 16.3 Å². The minimum Gasteiger partial charge on any atom is -0.383 e. The minimum atomic E-state index is -0.0898. The van der Waals surface area contributed by atoms with Crippen LogP contribution in [-0.4, -0.2) is 40.3 Å². The van der Waals surface area contributed by atoms with Crippen molar-refractivity contribution < 1.29 is 4.74 Å². The van der Waals surface area contributed by atoms with E-state index < -0.39 is 0 Å². The van der Waals surface area contributed by atoms with Crippen LogP contribution in [0.3, 0.4) is 0 Å². The first kappa shape index (κ1) is 14.0. The molecule has 1 atom stereocenters. The molecule has 104 valence electrons. The van der Waals surface area contributed by atoms with E-state index in [1.54, 1.807) is 18.0 Å². The Morgan fingerprint density at radius 3 is 2.89 bits per heavy atom. The minimum absolute atomic E-state index is 0.0898. The van der Waals surface area contributed by atoms with E-state index in [0.717, 1.165) is 11.4 Å². The standard InChI is InChI=1S/C12H18ClN5O/c1-14-11(10-4-5-17(2)16-10)12-9(13)8-15-18(12)6-7-19-3/h4-5,8,11,14H,6-7H2,1-3H3. The van der Waals surface area contributed by atoms with Crippen molar-refractivity contribution in [2.24, 2.45) is 7.05 Å². The molecular weight excluding hydrogens is 266 g/mol. The van der Waals surface area contributed by atoms with Crippen LogP contribution in [0.4, 0.5) is 0 Å². The highest BCUT2D eigenvalue weighted by molar-refractivity contribution is 6.31. The predicted octanol–water partition coefficient (Wildman–Crippen LogP) is 1.23. The van der Waals surface area contributed by atoms with Crippen molar-refractivity contribution in [3.8, 4) is 0 Å². The molecule has 0 bridgehead atoms. The first-order valence-electron chi connectivity index (χ1n) is 6.04. The Morgan fingerprint density at radius 2 is 2.32 bits per heavy atom. The normalized spacial score (nSPS) is 12.8. The molecule has 2 aromatic heterocycles. The van der Waals surface area contributed by atoms with Gasteiger partial charge >= 0.3 is 0 Å². The molecule has 1 unspecified atom stereocenters. The molecule has 7 heteroatoms. The highest BCUT2D eigenvalue weighted by Gasteiger charge is 2.22. The number of methoxy groups -OCH3 is 1. The molecule has 0 fully saturated rings. The maximum Gasteiger partial charge on any atom is 0.0953 e. The molecule has 6 nitrogen and oxygen atoms in total. The molecule has 1 N–H and O–H groups in total. The van der Waals surface area contributed by atoms with Crippen molar-refractivity contribution in [2.75, 3.05) is 20.8 Å². The summed E-state index contributed by atoms with van der Waals surface area (Å²) in [5, 5.41) is 12.6. The molecule has 0 spiro atoms. The van der Waals surface area contributed by atoms with Crippen LogP contribution in [-0.2, 0) is 18.3 Å². The number of hydrogen-bond acceptors (Lipinski definition) is 4. The number of hydrogen-bond donors (Lipinski definition) is 1. The van der Waals surface area contributed by atoms with Crippen LogP contribution in [0, 0.1) is 0 Å². The summed E-state index contributed by atoms with van der Waals surface area (Å²) in [5.41, 5.74) is 1.81. The highest BCUT2D eigenvalue weighted by Crippen LogP contribution is 2.27. The summed E-state index contributed by atoms with van der Waals surface area (Å²) >= 11 is 6.26. The molecule has 2 aromatic rings. The fraction of sp³-hybridized carbons (Fsp3) is 0.500. The lowest BCUT2D eigenvalue weighted by Gasteiger charge is -2.16. The van der Waals surface area contributed by atoms with E-state index >= 15 is 0 Å². The number of ether oxygens (including phenoxy) is 1. The van der Waals surface area contributed by atoms with Gasteiger partial charge in [0.1, 0.15) is 0 Å². The second-order valence-corrected chi connectivity index (χ2v) is 4.64. The number of rotatable bonds is 6. The van der Waals surface area contributed by atoms with Gasteiger partial charge in [0.15, 0.2) is 0 Å². The third-order valence-electron chi connectivity index (χ3n) is 2.93. The Kier molecular flexibility index (Phi) is 4.57. The second kappa shape index (κ2) is 6.18. The summed E-state index contributed by atoms with van der Waals surface area (Å²) in [6, 6.07) is 1.87. The molecular formula is C12H18ClN5O. The zero-order valence-electron chi connectivity index (χ0n) is 11.3. The highest BCUT2D eigenvalue weighted by atomic mass is 35.5. The average molecular weight is 284 g/mol. The van der Waals surface area contributed by atoms with Gasteiger partial charge in [-0.2, -0.15) is 10.2 Å². The van der Waals surface area contributed by atoms with Gasteiger partial charge in [-0.1, -0.05) is 11.6 Å². The summed E-state index contributed by atoms with van der Waals surface area (Å²) < 4.78 is 8.71. The number of aryl methyl sites for hydroxylation is 1. The van der Waals surface area contributed by atoms with Crippen molar-refractivity contribution in [2.45, 2.75) is 12.6 Å². The molecule has 0 aromatic carbocycles. The van der Waals surface area contributed by atoms with Crippen LogP contribution in [0.2, 0.25) is 5.02 Å². The summed E-state index contributed by atoms with van der Waals surface area (Å²) in [6.07, 6.45) is 3.56. The second-order valence-electron chi connectivity index (χ2n) is 4.23. The van der Waals surface area contributed by atoms with E-state index in [9.17, 15) is 0 Å². The first-order valence-corrected chi connectivity index (χ1v) is 6.42. The Bertz CT molecular complexity index is 536. The quantitative estimate of drug-likeness (QED) is 0.866. The van der Waals surface area contributed by atoms with E-state index in [1.165, 1.54) is 0 Å². The number of halogens is 1. The summed E-state index contributed by atoms with van der Waals surface area (Å²) in [5.74, 6) is 0. The fourth-order valence-corrected chi connectivity index (χ4v) is 2.28. The zero-order valence-corrected chi connectivity index (χ0v) is 12.1. The van der Waals surface area contributed by atoms with Crippen molar-refractivity contribution in [3.63, 3.8) is 0 Å². The topological polar surface area (TPSA) is 56.9 Å². The number of nitrogens with one attached hydrogen (secondary N) is 1. The molecule has 0 saturated heterocycles. The van der Waals surface area contributed by atoms with Gasteiger partial charge in [0.05, 0.1) is 41.8 Å². The Balaban J connectivity index is 2.34. The van der Waals surface area contributed by atoms with Crippen LogP contribution in [0.1, 0.15) is 17.4 Å². The Labute approximate surface area is 117 Å². The van der Waals surface area contributed by atoms with Crippen molar-refractivity contribution in [3.05, 3.63) is 34.9 Å². The molecule has 0 saturated carbocycles. The Morgan fingerprint density at radius 1 is 1.53 bits per heavy atom. The molecule has 19 heavy (non-hydrogen) atoms. The van der Waals surface area contributed by atoms with Crippen LogP contribution < -0.4 is 5.32 Å².